The molecular formula is C12H24O4S2. The molecule has 1 rings (SSSR count). The van der Waals surface area contributed by atoms with Crippen molar-refractivity contribution in [2.45, 2.75) is 56.4 Å². The molecule has 0 saturated carbocycles. The molecule has 6 heteroatoms. The van der Waals surface area contributed by atoms with E-state index in [9.17, 15) is 5.11 Å². The summed E-state index contributed by atoms with van der Waals surface area (Å²) in [5.74, 6) is 1.27. The molecule has 0 aromatic heterocycles. The highest BCUT2D eigenvalue weighted by atomic mass is 32.2. The Hall–Kier alpha value is 0.540. The second kappa shape index (κ2) is 7.36. The number of aliphatic hydroxyl groups excluding tert-OH is 2. The van der Waals surface area contributed by atoms with Gasteiger partial charge in [0.05, 0.1) is 11.2 Å². The van der Waals surface area contributed by atoms with E-state index in [0.29, 0.717) is 0 Å². The molecule has 0 aromatic rings. The summed E-state index contributed by atoms with van der Waals surface area (Å²) < 4.78 is 11.9. The van der Waals surface area contributed by atoms with Crippen LogP contribution < -0.4 is 0 Å². The van der Waals surface area contributed by atoms with Gasteiger partial charge in [-0.05, 0) is 25.4 Å². The fourth-order valence-corrected chi connectivity index (χ4v) is 4.65. The van der Waals surface area contributed by atoms with Gasteiger partial charge in [-0.15, -0.1) is 23.5 Å². The SMILES string of the molecule is CCSC(SCC)[C@@H]1OC(C)(C)O[C@H]1[C@@H](O)CO. The minimum absolute atomic E-state index is 0.197. The van der Waals surface area contributed by atoms with E-state index in [1.165, 1.54) is 0 Å². The van der Waals surface area contributed by atoms with Crippen LogP contribution in [0.2, 0.25) is 0 Å². The van der Waals surface area contributed by atoms with Crippen LogP contribution in [0, 0.1) is 0 Å². The predicted molar refractivity (Wildman–Crippen MR) is 77.0 cm³/mol. The quantitative estimate of drug-likeness (QED) is 0.697. The van der Waals surface area contributed by atoms with Gasteiger partial charge in [0, 0.05) is 0 Å². The van der Waals surface area contributed by atoms with Gasteiger partial charge in [0.25, 0.3) is 0 Å². The fraction of sp³-hybridized carbons (Fsp3) is 1.00. The maximum absolute atomic E-state index is 9.87. The number of hydrogen-bond donors (Lipinski definition) is 2. The van der Waals surface area contributed by atoms with Crippen LogP contribution in [-0.2, 0) is 9.47 Å². The number of thioether (sulfide) groups is 2. The van der Waals surface area contributed by atoms with Crippen molar-refractivity contribution in [1.82, 2.24) is 0 Å². The molecule has 4 nitrogen and oxygen atoms in total. The zero-order valence-electron chi connectivity index (χ0n) is 11.5. The number of hydrogen-bond acceptors (Lipinski definition) is 6. The summed E-state index contributed by atoms with van der Waals surface area (Å²) in [6.07, 6.45) is -1.56. The van der Waals surface area contributed by atoms with Gasteiger partial charge in [0.1, 0.15) is 18.3 Å². The molecule has 0 amide bonds. The van der Waals surface area contributed by atoms with Crippen molar-refractivity contribution in [1.29, 1.82) is 0 Å². The Bertz CT molecular complexity index is 244. The lowest BCUT2D eigenvalue weighted by molar-refractivity contribution is -0.156. The summed E-state index contributed by atoms with van der Waals surface area (Å²) in [6, 6.07) is 0. The molecule has 1 fully saturated rings. The van der Waals surface area contributed by atoms with E-state index in [1.54, 1.807) is 23.5 Å². The van der Waals surface area contributed by atoms with Crippen molar-refractivity contribution in [3.8, 4) is 0 Å². The van der Waals surface area contributed by atoms with Crippen LogP contribution in [-0.4, -0.2) is 57.0 Å². The summed E-state index contributed by atoms with van der Waals surface area (Å²) in [7, 11) is 0. The molecule has 0 radical (unpaired) electrons. The van der Waals surface area contributed by atoms with Crippen LogP contribution in [0.5, 0.6) is 0 Å². The third-order valence-electron chi connectivity index (χ3n) is 2.66. The topological polar surface area (TPSA) is 58.9 Å². The van der Waals surface area contributed by atoms with Gasteiger partial charge in [-0.1, -0.05) is 13.8 Å². The summed E-state index contributed by atoms with van der Waals surface area (Å²) in [4.78, 5) is 0. The van der Waals surface area contributed by atoms with Gasteiger partial charge in [0.2, 0.25) is 0 Å². The highest BCUT2D eigenvalue weighted by molar-refractivity contribution is 8.17. The van der Waals surface area contributed by atoms with Crippen LogP contribution in [0.3, 0.4) is 0 Å². The van der Waals surface area contributed by atoms with E-state index in [1.807, 2.05) is 13.8 Å². The minimum Gasteiger partial charge on any atom is -0.394 e. The van der Waals surface area contributed by atoms with Crippen LogP contribution in [0.1, 0.15) is 27.7 Å². The third kappa shape index (κ3) is 4.28. The van der Waals surface area contributed by atoms with E-state index < -0.39 is 18.0 Å². The largest absolute Gasteiger partial charge is 0.394 e. The summed E-state index contributed by atoms with van der Waals surface area (Å²) in [5.41, 5.74) is 0. The smallest absolute Gasteiger partial charge is 0.163 e. The number of ether oxygens (including phenoxy) is 2. The summed E-state index contributed by atoms with van der Waals surface area (Å²) in [5, 5.41) is 19.0. The van der Waals surface area contributed by atoms with E-state index in [2.05, 4.69) is 13.8 Å². The molecule has 1 aliphatic heterocycles. The Morgan fingerprint density at radius 2 is 1.61 bits per heavy atom. The monoisotopic (exact) mass is 296 g/mol. The summed E-state index contributed by atoms with van der Waals surface area (Å²) in [6.45, 7) is 7.59. The average molecular weight is 296 g/mol. The normalized spacial score (nSPS) is 28.8. The first-order valence-electron chi connectivity index (χ1n) is 6.33. The zero-order valence-corrected chi connectivity index (χ0v) is 13.1. The molecule has 108 valence electrons. The lowest BCUT2D eigenvalue weighted by Crippen LogP contribution is -2.42. The van der Waals surface area contributed by atoms with E-state index in [4.69, 9.17) is 14.6 Å². The number of aliphatic hydroxyl groups is 2. The van der Waals surface area contributed by atoms with Crippen molar-refractivity contribution in [3.63, 3.8) is 0 Å². The second-order valence-electron chi connectivity index (χ2n) is 4.59. The average Bonchev–Trinajstić information content (AvgIpc) is 2.64. The van der Waals surface area contributed by atoms with Crippen molar-refractivity contribution in [2.75, 3.05) is 18.1 Å². The summed E-state index contributed by atoms with van der Waals surface area (Å²) >= 11 is 3.59. The molecule has 1 saturated heterocycles. The maximum atomic E-state index is 9.87. The van der Waals surface area contributed by atoms with E-state index >= 15 is 0 Å². The first-order chi connectivity index (χ1) is 8.45. The van der Waals surface area contributed by atoms with Crippen LogP contribution in [0.4, 0.5) is 0 Å². The van der Waals surface area contributed by atoms with Crippen LogP contribution in [0.15, 0.2) is 0 Å². The third-order valence-corrected chi connectivity index (χ3v) is 5.34. The van der Waals surface area contributed by atoms with Crippen molar-refractivity contribution in [2.24, 2.45) is 0 Å². The van der Waals surface area contributed by atoms with Gasteiger partial charge in [-0.25, -0.2) is 0 Å². The predicted octanol–water partition coefficient (Wildman–Crippen LogP) is 1.69. The molecule has 0 spiro atoms. The first kappa shape index (κ1) is 16.6. The molecular weight excluding hydrogens is 272 g/mol. The molecule has 0 bridgehead atoms. The lowest BCUT2D eigenvalue weighted by atomic mass is 10.1. The van der Waals surface area contributed by atoms with Crippen LogP contribution >= 0.6 is 23.5 Å². The Balaban J connectivity index is 2.80. The van der Waals surface area contributed by atoms with Gasteiger partial charge in [-0.2, -0.15) is 0 Å². The molecule has 18 heavy (non-hydrogen) atoms. The van der Waals surface area contributed by atoms with Gasteiger partial charge in [0.15, 0.2) is 5.79 Å². The van der Waals surface area contributed by atoms with Gasteiger partial charge < -0.3 is 19.7 Å². The van der Waals surface area contributed by atoms with Gasteiger partial charge >= 0.3 is 0 Å². The van der Waals surface area contributed by atoms with Crippen molar-refractivity contribution >= 4 is 23.5 Å². The molecule has 3 atom stereocenters. The Morgan fingerprint density at radius 3 is 2.06 bits per heavy atom. The molecule has 2 N–H and O–H groups in total. The molecule has 0 unspecified atom stereocenters. The zero-order chi connectivity index (χ0) is 13.8. The van der Waals surface area contributed by atoms with Crippen molar-refractivity contribution < 1.29 is 19.7 Å². The Morgan fingerprint density at radius 1 is 1.11 bits per heavy atom. The maximum Gasteiger partial charge on any atom is 0.163 e. The second-order valence-corrected chi connectivity index (χ2v) is 7.73. The van der Waals surface area contributed by atoms with E-state index in [0.717, 1.165) is 11.5 Å². The first-order valence-corrected chi connectivity index (χ1v) is 8.42. The Kier molecular flexibility index (Phi) is 6.78. The van der Waals surface area contributed by atoms with Gasteiger partial charge in [-0.3, -0.25) is 0 Å². The molecule has 1 heterocycles. The van der Waals surface area contributed by atoms with Crippen LogP contribution in [0.25, 0.3) is 0 Å². The Labute approximate surface area is 118 Å². The lowest BCUT2D eigenvalue weighted by Gasteiger charge is -2.27. The van der Waals surface area contributed by atoms with Crippen molar-refractivity contribution in [3.05, 3.63) is 0 Å². The number of rotatable bonds is 7. The molecule has 0 aromatic carbocycles. The standard InChI is InChI=1S/C12H24O4S2/c1-5-17-11(18-6-2)10-9(8(14)7-13)15-12(3,4)16-10/h8-11,13-14H,5-7H2,1-4H3/t8-,9-,10+/m0/s1. The fourth-order valence-electron chi connectivity index (χ4n) is 2.00. The highest BCUT2D eigenvalue weighted by Crippen LogP contribution is 2.39. The highest BCUT2D eigenvalue weighted by Gasteiger charge is 2.48. The minimum atomic E-state index is -0.894. The molecule has 1 aliphatic rings. The van der Waals surface area contributed by atoms with E-state index in [-0.39, 0.29) is 17.3 Å². The molecule has 0 aliphatic carbocycles.